The van der Waals surface area contributed by atoms with Crippen molar-refractivity contribution < 1.29 is 24.2 Å². The number of unbranched alkanes of at least 4 members (excludes halogenated alkanes) is 1. The largest absolute Gasteiger partial charge is 0.480 e. The van der Waals surface area contributed by atoms with Crippen LogP contribution < -0.4 is 10.6 Å². The van der Waals surface area contributed by atoms with Crippen LogP contribution in [-0.2, 0) is 14.3 Å². The lowest BCUT2D eigenvalue weighted by atomic mass is 9.79. The van der Waals surface area contributed by atoms with Crippen molar-refractivity contribution >= 4 is 18.0 Å². The van der Waals surface area contributed by atoms with Crippen LogP contribution in [0.5, 0.6) is 0 Å². The molecule has 0 aromatic heterocycles. The van der Waals surface area contributed by atoms with Crippen LogP contribution in [0.3, 0.4) is 0 Å². The Hall–Kier alpha value is -3.35. The topological polar surface area (TPSA) is 105 Å². The summed E-state index contributed by atoms with van der Waals surface area (Å²) in [6.45, 7) is 2.25. The molecule has 2 atom stereocenters. The molecular weight excluding hydrogens is 444 g/mol. The first-order valence-electron chi connectivity index (χ1n) is 12.6. The fourth-order valence-electron chi connectivity index (χ4n) is 5.09. The van der Waals surface area contributed by atoms with E-state index in [4.69, 9.17) is 4.74 Å². The molecule has 0 bridgehead atoms. The summed E-state index contributed by atoms with van der Waals surface area (Å²) in [5.74, 6) is -1.41. The summed E-state index contributed by atoms with van der Waals surface area (Å²) in [5.41, 5.74) is 4.60. The van der Waals surface area contributed by atoms with Crippen LogP contribution in [0.2, 0.25) is 0 Å². The Bertz CT molecular complexity index is 1020. The molecule has 186 valence electrons. The third kappa shape index (κ3) is 5.84. The predicted molar refractivity (Wildman–Crippen MR) is 133 cm³/mol. The lowest BCUT2D eigenvalue weighted by Gasteiger charge is -2.31. The molecule has 7 nitrogen and oxygen atoms in total. The van der Waals surface area contributed by atoms with Crippen LogP contribution >= 0.6 is 0 Å². The van der Waals surface area contributed by atoms with Gasteiger partial charge in [-0.15, -0.1) is 0 Å². The molecule has 2 aliphatic carbocycles. The zero-order valence-corrected chi connectivity index (χ0v) is 20.2. The minimum Gasteiger partial charge on any atom is -0.480 e. The maximum atomic E-state index is 12.7. The molecule has 1 unspecified atom stereocenters. The summed E-state index contributed by atoms with van der Waals surface area (Å²) in [6.07, 6.45) is 4.47. The minimum atomic E-state index is -1.00. The van der Waals surface area contributed by atoms with Crippen LogP contribution in [-0.4, -0.2) is 41.8 Å². The molecule has 3 N–H and O–H groups in total. The van der Waals surface area contributed by atoms with Gasteiger partial charge in [-0.05, 0) is 47.4 Å². The van der Waals surface area contributed by atoms with Gasteiger partial charge in [-0.2, -0.15) is 0 Å². The van der Waals surface area contributed by atoms with Crippen LogP contribution in [0.15, 0.2) is 48.5 Å². The van der Waals surface area contributed by atoms with E-state index in [2.05, 4.69) is 34.9 Å². The van der Waals surface area contributed by atoms with Crippen LogP contribution in [0.1, 0.15) is 68.9 Å². The van der Waals surface area contributed by atoms with Gasteiger partial charge in [0.1, 0.15) is 12.6 Å². The van der Waals surface area contributed by atoms with Crippen LogP contribution in [0.25, 0.3) is 11.1 Å². The molecule has 0 heterocycles. The highest BCUT2D eigenvalue weighted by Crippen LogP contribution is 2.44. The smallest absolute Gasteiger partial charge is 0.407 e. The number of carbonyl (C=O) groups is 3. The fourth-order valence-corrected chi connectivity index (χ4v) is 5.09. The van der Waals surface area contributed by atoms with E-state index in [1.54, 1.807) is 0 Å². The first-order chi connectivity index (χ1) is 17.0. The maximum absolute atomic E-state index is 12.7. The second-order valence-corrected chi connectivity index (χ2v) is 9.59. The number of amides is 2. The molecule has 1 fully saturated rings. The van der Waals surface area contributed by atoms with Gasteiger partial charge in [0.05, 0.1) is 0 Å². The Morgan fingerprint density at radius 3 is 2.17 bits per heavy atom. The summed E-state index contributed by atoms with van der Waals surface area (Å²) in [4.78, 5) is 36.9. The van der Waals surface area contributed by atoms with E-state index in [1.165, 1.54) is 0 Å². The Morgan fingerprint density at radius 2 is 1.63 bits per heavy atom. The molecule has 2 aromatic rings. The molecular formula is C28H34N2O5. The van der Waals surface area contributed by atoms with Crippen molar-refractivity contribution in [2.45, 2.75) is 69.9 Å². The molecule has 2 aliphatic rings. The Balaban J connectivity index is 1.35. The lowest BCUT2D eigenvalue weighted by molar-refractivity contribution is -0.144. The Kier molecular flexibility index (Phi) is 8.06. The van der Waals surface area contributed by atoms with Crippen molar-refractivity contribution in [2.24, 2.45) is 5.92 Å². The monoisotopic (exact) mass is 478 g/mol. The summed E-state index contributed by atoms with van der Waals surface area (Å²) in [6, 6.07) is 15.0. The zero-order valence-electron chi connectivity index (χ0n) is 20.2. The number of aliphatic carboxylic acids is 1. The highest BCUT2D eigenvalue weighted by Gasteiger charge is 2.34. The van der Waals surface area contributed by atoms with Crippen molar-refractivity contribution in [1.82, 2.24) is 10.6 Å². The number of carbonyl (C=O) groups excluding carboxylic acids is 2. The molecule has 35 heavy (non-hydrogen) atoms. The van der Waals surface area contributed by atoms with Gasteiger partial charge in [-0.1, -0.05) is 74.7 Å². The summed E-state index contributed by atoms with van der Waals surface area (Å²) in [7, 11) is 0. The van der Waals surface area contributed by atoms with E-state index in [1.807, 2.05) is 31.2 Å². The second kappa shape index (κ2) is 11.4. The first-order valence-corrected chi connectivity index (χ1v) is 12.6. The molecule has 2 amide bonds. The second-order valence-electron chi connectivity index (χ2n) is 9.59. The van der Waals surface area contributed by atoms with Crippen molar-refractivity contribution in [3.8, 4) is 11.1 Å². The third-order valence-corrected chi connectivity index (χ3v) is 7.21. The van der Waals surface area contributed by atoms with E-state index in [0.717, 1.165) is 54.4 Å². The number of ether oxygens (including phenoxy) is 1. The van der Waals surface area contributed by atoms with Crippen molar-refractivity contribution in [2.75, 3.05) is 6.61 Å². The number of benzene rings is 2. The highest BCUT2D eigenvalue weighted by molar-refractivity contribution is 5.84. The molecule has 0 spiro atoms. The number of rotatable bonds is 11. The van der Waals surface area contributed by atoms with Gasteiger partial charge in [0.25, 0.3) is 0 Å². The standard InChI is InChI=1S/C28H34N2O5/c1-2-3-11-19(16-25(31)30-26(27(32)33)18-9-8-10-18)29-28(34)35-17-24-22-14-6-4-12-20(22)21-13-5-7-15-23(21)24/h4-7,12-15,18-19,24,26H,2-3,8-11,16-17H2,1H3,(H,29,34)(H,30,31)(H,32,33)/t19-,26?/m1/s1. The van der Waals surface area contributed by atoms with Gasteiger partial charge >= 0.3 is 12.1 Å². The number of nitrogens with one attached hydrogen (secondary N) is 2. The quantitative estimate of drug-likeness (QED) is 0.429. The molecule has 0 radical (unpaired) electrons. The van der Waals surface area contributed by atoms with Gasteiger partial charge in [0.15, 0.2) is 0 Å². The van der Waals surface area contributed by atoms with Gasteiger partial charge in [0, 0.05) is 18.4 Å². The van der Waals surface area contributed by atoms with Gasteiger partial charge in [-0.25, -0.2) is 9.59 Å². The first kappa shape index (κ1) is 24.8. The van der Waals surface area contributed by atoms with Crippen molar-refractivity contribution in [1.29, 1.82) is 0 Å². The molecule has 0 aliphatic heterocycles. The van der Waals surface area contributed by atoms with Gasteiger partial charge in [-0.3, -0.25) is 4.79 Å². The van der Waals surface area contributed by atoms with Gasteiger partial charge < -0.3 is 20.5 Å². The van der Waals surface area contributed by atoms with E-state index < -0.39 is 24.1 Å². The highest BCUT2D eigenvalue weighted by atomic mass is 16.5. The summed E-state index contributed by atoms with van der Waals surface area (Å²) in [5, 5.41) is 15.0. The Labute approximate surface area is 206 Å². The third-order valence-electron chi connectivity index (χ3n) is 7.21. The predicted octanol–water partition coefficient (Wildman–Crippen LogP) is 4.84. The minimum absolute atomic E-state index is 0.0133. The fraction of sp³-hybridized carbons (Fsp3) is 0.464. The van der Waals surface area contributed by atoms with Crippen molar-refractivity contribution in [3.05, 3.63) is 59.7 Å². The normalized spacial score (nSPS) is 16.4. The zero-order chi connectivity index (χ0) is 24.8. The van der Waals surface area contributed by atoms with E-state index in [-0.39, 0.29) is 30.8 Å². The van der Waals surface area contributed by atoms with Gasteiger partial charge in [0.2, 0.25) is 5.91 Å². The van der Waals surface area contributed by atoms with Crippen LogP contribution in [0, 0.1) is 5.92 Å². The molecule has 1 saturated carbocycles. The number of hydrogen-bond donors (Lipinski definition) is 3. The molecule has 0 saturated heterocycles. The Morgan fingerprint density at radius 1 is 1.00 bits per heavy atom. The molecule has 7 heteroatoms. The average Bonchev–Trinajstić information content (AvgIpc) is 3.13. The van der Waals surface area contributed by atoms with Crippen LogP contribution in [0.4, 0.5) is 4.79 Å². The number of carboxylic acid groups (broad SMARTS) is 1. The van der Waals surface area contributed by atoms with E-state index in [9.17, 15) is 19.5 Å². The molecule has 4 rings (SSSR count). The molecule has 2 aromatic carbocycles. The SMILES string of the molecule is CCCC[C@H](CC(=O)NC(C(=O)O)C1CCC1)NC(=O)OCC1c2ccccc2-c2ccccc21. The summed E-state index contributed by atoms with van der Waals surface area (Å²) >= 11 is 0. The number of alkyl carbamates (subject to hydrolysis) is 1. The maximum Gasteiger partial charge on any atom is 0.407 e. The number of carboxylic acids is 1. The number of fused-ring (bicyclic) bond motifs is 3. The van der Waals surface area contributed by atoms with E-state index in [0.29, 0.717) is 6.42 Å². The number of hydrogen-bond acceptors (Lipinski definition) is 4. The van der Waals surface area contributed by atoms with E-state index >= 15 is 0 Å². The average molecular weight is 479 g/mol. The lowest BCUT2D eigenvalue weighted by Crippen LogP contribution is -2.49. The summed E-state index contributed by atoms with van der Waals surface area (Å²) < 4.78 is 5.64. The van der Waals surface area contributed by atoms with Crippen molar-refractivity contribution in [3.63, 3.8) is 0 Å².